The summed E-state index contributed by atoms with van der Waals surface area (Å²) >= 11 is 0. The van der Waals surface area contributed by atoms with Gasteiger partial charge < -0.3 is 10.3 Å². The summed E-state index contributed by atoms with van der Waals surface area (Å²) in [6.45, 7) is 1.67. The number of nitrogens with one attached hydrogen (secondary N) is 2. The van der Waals surface area contributed by atoms with E-state index in [4.69, 9.17) is 0 Å². The van der Waals surface area contributed by atoms with Crippen LogP contribution in [0.3, 0.4) is 0 Å². The van der Waals surface area contributed by atoms with E-state index in [1.54, 1.807) is 13.1 Å². The van der Waals surface area contributed by atoms with E-state index >= 15 is 0 Å². The van der Waals surface area contributed by atoms with E-state index in [0.717, 1.165) is 12.1 Å². The molecule has 0 spiro atoms. The molecule has 2 rings (SSSR count). The molecule has 20 heavy (non-hydrogen) atoms. The molecule has 0 aliphatic heterocycles. The Balaban J connectivity index is 2.23. The number of carbonyl (C=O) groups is 1. The fourth-order valence-electron chi connectivity index (χ4n) is 1.70. The number of hydrogen-bond donors (Lipinski definition) is 2. The van der Waals surface area contributed by atoms with Crippen LogP contribution in [0.15, 0.2) is 30.6 Å². The summed E-state index contributed by atoms with van der Waals surface area (Å²) < 4.78 is 13.0. The Labute approximate surface area is 113 Å². The van der Waals surface area contributed by atoms with Crippen molar-refractivity contribution in [2.75, 3.05) is 0 Å². The SMILES string of the molecule is CC(NC(=O)c1ccc(F)cc1[N+](=O)[O-])c1ncc[nH]1. The molecule has 8 heteroatoms. The van der Waals surface area contributed by atoms with Gasteiger partial charge >= 0.3 is 0 Å². The lowest BCUT2D eigenvalue weighted by Crippen LogP contribution is -2.28. The third-order valence-electron chi connectivity index (χ3n) is 2.68. The molecule has 1 atom stereocenters. The number of hydrogen-bond acceptors (Lipinski definition) is 4. The van der Waals surface area contributed by atoms with Crippen LogP contribution in [0.25, 0.3) is 0 Å². The summed E-state index contributed by atoms with van der Waals surface area (Å²) in [7, 11) is 0. The second-order valence-electron chi connectivity index (χ2n) is 4.09. The number of benzene rings is 1. The van der Waals surface area contributed by atoms with Gasteiger partial charge in [-0.05, 0) is 19.1 Å². The van der Waals surface area contributed by atoms with Crippen LogP contribution in [-0.4, -0.2) is 20.8 Å². The number of carbonyl (C=O) groups excluding carboxylic acids is 1. The molecule has 104 valence electrons. The minimum Gasteiger partial charge on any atom is -0.347 e. The van der Waals surface area contributed by atoms with Crippen LogP contribution in [0, 0.1) is 15.9 Å². The van der Waals surface area contributed by atoms with Crippen molar-refractivity contribution in [2.45, 2.75) is 13.0 Å². The van der Waals surface area contributed by atoms with Crippen LogP contribution in [0.5, 0.6) is 0 Å². The van der Waals surface area contributed by atoms with Gasteiger partial charge in [-0.3, -0.25) is 14.9 Å². The Bertz CT molecular complexity index is 642. The van der Waals surface area contributed by atoms with Crippen LogP contribution < -0.4 is 5.32 Å². The predicted molar refractivity (Wildman–Crippen MR) is 67.5 cm³/mol. The third-order valence-corrected chi connectivity index (χ3v) is 2.68. The molecule has 0 bridgehead atoms. The van der Waals surface area contributed by atoms with Crippen molar-refractivity contribution in [1.82, 2.24) is 15.3 Å². The van der Waals surface area contributed by atoms with Crippen LogP contribution >= 0.6 is 0 Å². The molecular weight excluding hydrogens is 267 g/mol. The monoisotopic (exact) mass is 278 g/mol. The lowest BCUT2D eigenvalue weighted by molar-refractivity contribution is -0.385. The van der Waals surface area contributed by atoms with Gasteiger partial charge in [0.25, 0.3) is 11.6 Å². The molecular formula is C12H11FN4O3. The Hall–Kier alpha value is -2.77. The van der Waals surface area contributed by atoms with Gasteiger partial charge in [0, 0.05) is 12.4 Å². The molecule has 1 aromatic carbocycles. The zero-order valence-electron chi connectivity index (χ0n) is 10.5. The Morgan fingerprint density at radius 3 is 2.90 bits per heavy atom. The van der Waals surface area contributed by atoms with Gasteiger partial charge in [-0.25, -0.2) is 9.37 Å². The molecule has 2 N–H and O–H groups in total. The van der Waals surface area contributed by atoms with Crippen molar-refractivity contribution in [1.29, 1.82) is 0 Å². The molecule has 0 saturated carbocycles. The summed E-state index contributed by atoms with van der Waals surface area (Å²) in [5.41, 5.74) is -0.774. The Morgan fingerprint density at radius 1 is 1.55 bits per heavy atom. The van der Waals surface area contributed by atoms with E-state index in [2.05, 4.69) is 15.3 Å². The van der Waals surface area contributed by atoms with E-state index in [1.165, 1.54) is 6.20 Å². The maximum atomic E-state index is 13.0. The van der Waals surface area contributed by atoms with Gasteiger partial charge in [0.2, 0.25) is 0 Å². The fourth-order valence-corrected chi connectivity index (χ4v) is 1.70. The van der Waals surface area contributed by atoms with Gasteiger partial charge in [-0.15, -0.1) is 0 Å². The van der Waals surface area contributed by atoms with E-state index < -0.39 is 28.4 Å². The lowest BCUT2D eigenvalue weighted by Gasteiger charge is -2.11. The number of halogens is 1. The topological polar surface area (TPSA) is 101 Å². The van der Waals surface area contributed by atoms with Crippen molar-refractivity contribution in [3.05, 3.63) is 57.9 Å². The standard InChI is InChI=1S/C12H11FN4O3/c1-7(11-14-4-5-15-11)16-12(18)9-3-2-8(13)6-10(9)17(19)20/h2-7H,1H3,(H,14,15)(H,16,18). The number of nitro benzene ring substituents is 1. The number of aromatic nitrogens is 2. The first-order chi connectivity index (χ1) is 9.49. The number of nitrogens with zero attached hydrogens (tertiary/aromatic N) is 2. The maximum Gasteiger partial charge on any atom is 0.285 e. The lowest BCUT2D eigenvalue weighted by atomic mass is 10.1. The number of nitro groups is 1. The molecule has 0 aliphatic rings. The zero-order valence-corrected chi connectivity index (χ0v) is 10.5. The Kier molecular flexibility index (Phi) is 3.74. The third kappa shape index (κ3) is 2.79. The summed E-state index contributed by atoms with van der Waals surface area (Å²) in [5.74, 6) is -0.920. The summed E-state index contributed by atoms with van der Waals surface area (Å²) in [6, 6.07) is 2.34. The summed E-state index contributed by atoms with van der Waals surface area (Å²) in [4.78, 5) is 28.8. The minimum atomic E-state index is -0.796. The highest BCUT2D eigenvalue weighted by Gasteiger charge is 2.22. The van der Waals surface area contributed by atoms with Crippen LogP contribution in [-0.2, 0) is 0 Å². The minimum absolute atomic E-state index is 0.199. The van der Waals surface area contributed by atoms with Crippen molar-refractivity contribution < 1.29 is 14.1 Å². The molecule has 1 unspecified atom stereocenters. The highest BCUT2D eigenvalue weighted by atomic mass is 19.1. The molecule has 7 nitrogen and oxygen atoms in total. The number of rotatable bonds is 4. The van der Waals surface area contributed by atoms with Gasteiger partial charge in [0.1, 0.15) is 17.2 Å². The highest BCUT2D eigenvalue weighted by molar-refractivity contribution is 5.98. The number of aromatic amines is 1. The largest absolute Gasteiger partial charge is 0.347 e. The van der Waals surface area contributed by atoms with Gasteiger partial charge in [-0.1, -0.05) is 0 Å². The van der Waals surface area contributed by atoms with E-state index in [9.17, 15) is 19.3 Å². The van der Waals surface area contributed by atoms with Gasteiger partial charge in [0.15, 0.2) is 0 Å². The maximum absolute atomic E-state index is 13.0. The van der Waals surface area contributed by atoms with E-state index in [-0.39, 0.29) is 5.56 Å². The zero-order chi connectivity index (χ0) is 14.7. The molecule has 1 aromatic heterocycles. The smallest absolute Gasteiger partial charge is 0.285 e. The molecule has 0 saturated heterocycles. The Morgan fingerprint density at radius 2 is 2.30 bits per heavy atom. The molecule has 0 radical (unpaired) electrons. The number of amides is 1. The molecule has 0 aliphatic carbocycles. The fraction of sp³-hybridized carbons (Fsp3) is 0.167. The van der Waals surface area contributed by atoms with E-state index in [1.807, 2.05) is 0 Å². The van der Waals surface area contributed by atoms with Crippen LogP contribution in [0.1, 0.15) is 29.1 Å². The first kappa shape index (κ1) is 13.7. The summed E-state index contributed by atoms with van der Waals surface area (Å²) in [6.07, 6.45) is 3.12. The average Bonchev–Trinajstić information content (AvgIpc) is 2.92. The second kappa shape index (κ2) is 5.47. The van der Waals surface area contributed by atoms with E-state index in [0.29, 0.717) is 11.9 Å². The van der Waals surface area contributed by atoms with Crippen molar-refractivity contribution in [3.8, 4) is 0 Å². The summed E-state index contributed by atoms with van der Waals surface area (Å²) in [5, 5.41) is 13.4. The number of imidazole rings is 1. The quantitative estimate of drug-likeness (QED) is 0.659. The van der Waals surface area contributed by atoms with Crippen LogP contribution in [0.4, 0.5) is 10.1 Å². The first-order valence-electron chi connectivity index (χ1n) is 5.73. The predicted octanol–water partition coefficient (Wildman–Crippen LogP) is 1.95. The molecule has 1 heterocycles. The second-order valence-corrected chi connectivity index (χ2v) is 4.09. The molecule has 2 aromatic rings. The van der Waals surface area contributed by atoms with Gasteiger partial charge in [0.05, 0.1) is 17.0 Å². The normalized spacial score (nSPS) is 11.9. The average molecular weight is 278 g/mol. The van der Waals surface area contributed by atoms with Gasteiger partial charge in [-0.2, -0.15) is 0 Å². The van der Waals surface area contributed by atoms with Crippen molar-refractivity contribution >= 4 is 11.6 Å². The molecule has 1 amide bonds. The van der Waals surface area contributed by atoms with Crippen molar-refractivity contribution in [2.24, 2.45) is 0 Å². The first-order valence-corrected chi connectivity index (χ1v) is 5.73. The number of H-pyrrole nitrogens is 1. The highest BCUT2D eigenvalue weighted by Crippen LogP contribution is 2.20. The van der Waals surface area contributed by atoms with Crippen LogP contribution in [0.2, 0.25) is 0 Å². The van der Waals surface area contributed by atoms with Crippen molar-refractivity contribution in [3.63, 3.8) is 0 Å². The molecule has 0 fully saturated rings.